The number of carbonyl (C=O) groups is 4. The van der Waals surface area contributed by atoms with E-state index >= 15 is 0 Å². The van der Waals surface area contributed by atoms with Crippen molar-refractivity contribution in [3.05, 3.63) is 35.9 Å². The predicted octanol–water partition coefficient (Wildman–Crippen LogP) is -0.136. The van der Waals surface area contributed by atoms with E-state index in [1.54, 1.807) is 44.2 Å². The smallest absolute Gasteiger partial charge is 0.405 e. The SMILES string of the molecule is COC(=O)C(O)(O)[C@H](CC(C)C)NC(=O)[C@H](CCCCN)NC(=O)[C@H](Cc1ccccc1)NC(=O)O. The molecular formula is C24H38N4O8. The van der Waals surface area contributed by atoms with Crippen LogP contribution in [-0.2, 0) is 25.5 Å². The van der Waals surface area contributed by atoms with Crippen molar-refractivity contribution < 1.29 is 39.2 Å². The summed E-state index contributed by atoms with van der Waals surface area (Å²) >= 11 is 0. The van der Waals surface area contributed by atoms with Gasteiger partial charge in [0.15, 0.2) is 0 Å². The van der Waals surface area contributed by atoms with E-state index in [0.717, 1.165) is 7.11 Å². The van der Waals surface area contributed by atoms with Gasteiger partial charge in [-0.15, -0.1) is 0 Å². The molecule has 0 spiro atoms. The molecule has 0 radical (unpaired) electrons. The van der Waals surface area contributed by atoms with Crippen LogP contribution in [0.15, 0.2) is 30.3 Å². The Labute approximate surface area is 210 Å². The van der Waals surface area contributed by atoms with Gasteiger partial charge in [-0.1, -0.05) is 44.2 Å². The number of hydrogen-bond acceptors (Lipinski definition) is 8. The number of unbranched alkanes of at least 4 members (excludes halogenated alkanes) is 1. The summed E-state index contributed by atoms with van der Waals surface area (Å²) < 4.78 is 4.45. The molecule has 0 bridgehead atoms. The van der Waals surface area contributed by atoms with E-state index in [0.29, 0.717) is 24.9 Å². The van der Waals surface area contributed by atoms with E-state index < -0.39 is 47.8 Å². The van der Waals surface area contributed by atoms with Crippen molar-refractivity contribution in [3.8, 4) is 0 Å². The lowest BCUT2D eigenvalue weighted by molar-refractivity contribution is -0.218. The molecule has 0 unspecified atom stereocenters. The topological polar surface area (TPSA) is 200 Å². The maximum Gasteiger partial charge on any atom is 0.405 e. The molecule has 12 nitrogen and oxygen atoms in total. The predicted molar refractivity (Wildman–Crippen MR) is 131 cm³/mol. The lowest BCUT2D eigenvalue weighted by Crippen LogP contribution is -2.62. The quantitative estimate of drug-likeness (QED) is 0.0953. The first-order valence-electron chi connectivity index (χ1n) is 11.8. The summed E-state index contributed by atoms with van der Waals surface area (Å²) in [7, 11) is 0.982. The monoisotopic (exact) mass is 510 g/mol. The molecule has 0 aromatic heterocycles. The number of rotatable bonds is 15. The Morgan fingerprint density at radius 1 is 0.972 bits per heavy atom. The van der Waals surface area contributed by atoms with Crippen LogP contribution in [0.3, 0.4) is 0 Å². The highest BCUT2D eigenvalue weighted by Gasteiger charge is 2.45. The Kier molecular flexibility index (Phi) is 12.9. The van der Waals surface area contributed by atoms with Crippen LogP contribution in [-0.4, -0.2) is 76.8 Å². The molecule has 1 aromatic carbocycles. The van der Waals surface area contributed by atoms with Gasteiger partial charge in [0.1, 0.15) is 12.1 Å². The highest BCUT2D eigenvalue weighted by atomic mass is 16.6. The van der Waals surface area contributed by atoms with Crippen molar-refractivity contribution in [2.45, 2.75) is 69.9 Å². The van der Waals surface area contributed by atoms with E-state index in [1.165, 1.54) is 0 Å². The molecule has 202 valence electrons. The zero-order chi connectivity index (χ0) is 27.3. The number of benzene rings is 1. The molecule has 0 aliphatic rings. The zero-order valence-corrected chi connectivity index (χ0v) is 20.9. The molecule has 0 saturated heterocycles. The van der Waals surface area contributed by atoms with Crippen molar-refractivity contribution in [2.75, 3.05) is 13.7 Å². The average Bonchev–Trinajstić information content (AvgIpc) is 2.82. The Morgan fingerprint density at radius 3 is 2.11 bits per heavy atom. The van der Waals surface area contributed by atoms with Crippen LogP contribution < -0.4 is 21.7 Å². The molecule has 8 N–H and O–H groups in total. The Hall–Kier alpha value is -3.22. The third kappa shape index (κ3) is 10.2. The summed E-state index contributed by atoms with van der Waals surface area (Å²) in [6.07, 6.45) is -0.173. The number of esters is 1. The highest BCUT2D eigenvalue weighted by molar-refractivity contribution is 5.91. The van der Waals surface area contributed by atoms with Crippen LogP contribution in [0, 0.1) is 5.92 Å². The van der Waals surface area contributed by atoms with Gasteiger partial charge in [-0.2, -0.15) is 0 Å². The number of nitrogens with one attached hydrogen (secondary N) is 3. The maximum absolute atomic E-state index is 13.2. The summed E-state index contributed by atoms with van der Waals surface area (Å²) in [6, 6.07) is 4.99. The first-order chi connectivity index (χ1) is 16.9. The van der Waals surface area contributed by atoms with Gasteiger partial charge < -0.3 is 41.7 Å². The first-order valence-corrected chi connectivity index (χ1v) is 11.8. The fourth-order valence-corrected chi connectivity index (χ4v) is 3.60. The van der Waals surface area contributed by atoms with Gasteiger partial charge in [0.05, 0.1) is 13.2 Å². The van der Waals surface area contributed by atoms with Gasteiger partial charge >= 0.3 is 12.1 Å². The summed E-state index contributed by atoms with van der Waals surface area (Å²) in [5.41, 5.74) is 6.25. The number of methoxy groups -OCH3 is 1. The Morgan fingerprint density at radius 2 is 1.58 bits per heavy atom. The van der Waals surface area contributed by atoms with Gasteiger partial charge in [0, 0.05) is 6.42 Å². The van der Waals surface area contributed by atoms with E-state index in [4.69, 9.17) is 5.73 Å². The minimum Gasteiger partial charge on any atom is -0.465 e. The summed E-state index contributed by atoms with van der Waals surface area (Å²) in [4.78, 5) is 49.4. The van der Waals surface area contributed by atoms with E-state index in [9.17, 15) is 34.5 Å². The van der Waals surface area contributed by atoms with Gasteiger partial charge in [-0.25, -0.2) is 9.59 Å². The number of carbonyl (C=O) groups excluding carboxylic acids is 3. The Balaban J connectivity index is 3.12. The van der Waals surface area contributed by atoms with Gasteiger partial charge in [0.25, 0.3) is 5.79 Å². The molecule has 3 atom stereocenters. The molecule has 1 aromatic rings. The average molecular weight is 511 g/mol. The molecule has 0 fully saturated rings. The third-order valence-corrected chi connectivity index (χ3v) is 5.47. The summed E-state index contributed by atoms with van der Waals surface area (Å²) in [6.45, 7) is 3.88. The van der Waals surface area contributed by atoms with Crippen LogP contribution >= 0.6 is 0 Å². The molecule has 3 amide bonds. The molecular weight excluding hydrogens is 472 g/mol. The lowest BCUT2D eigenvalue weighted by atomic mass is 9.95. The molecule has 0 aliphatic carbocycles. The van der Waals surface area contributed by atoms with Crippen LogP contribution in [0.5, 0.6) is 0 Å². The molecule has 12 heteroatoms. The second kappa shape index (κ2) is 15.0. The minimum atomic E-state index is -3.00. The van der Waals surface area contributed by atoms with Crippen molar-refractivity contribution in [1.82, 2.24) is 16.0 Å². The van der Waals surface area contributed by atoms with Gasteiger partial charge in [-0.3, -0.25) is 9.59 Å². The molecule has 0 heterocycles. The van der Waals surface area contributed by atoms with E-state index in [-0.39, 0.29) is 25.2 Å². The number of nitrogens with two attached hydrogens (primary N) is 1. The fourth-order valence-electron chi connectivity index (χ4n) is 3.60. The van der Waals surface area contributed by atoms with E-state index in [2.05, 4.69) is 20.7 Å². The number of carboxylic acid groups (broad SMARTS) is 1. The van der Waals surface area contributed by atoms with Crippen LogP contribution in [0.1, 0.15) is 45.1 Å². The van der Waals surface area contributed by atoms with Crippen molar-refractivity contribution in [2.24, 2.45) is 11.7 Å². The second-order valence-corrected chi connectivity index (χ2v) is 8.95. The van der Waals surface area contributed by atoms with Gasteiger partial charge in [0.2, 0.25) is 11.8 Å². The number of amides is 3. The zero-order valence-electron chi connectivity index (χ0n) is 20.9. The van der Waals surface area contributed by atoms with Crippen LogP contribution in [0.25, 0.3) is 0 Å². The fraction of sp³-hybridized carbons (Fsp3) is 0.583. The molecule has 0 saturated carbocycles. The lowest BCUT2D eigenvalue weighted by Gasteiger charge is -2.32. The van der Waals surface area contributed by atoms with Crippen molar-refractivity contribution in [1.29, 1.82) is 0 Å². The summed E-state index contributed by atoms with van der Waals surface area (Å²) in [5.74, 6) is -5.98. The molecule has 1 rings (SSSR count). The number of ether oxygens (including phenoxy) is 1. The van der Waals surface area contributed by atoms with Crippen molar-refractivity contribution >= 4 is 23.9 Å². The number of aliphatic hydroxyl groups is 2. The Bertz CT molecular complexity index is 863. The molecule has 36 heavy (non-hydrogen) atoms. The summed E-state index contributed by atoms with van der Waals surface area (Å²) in [5, 5.41) is 37.1. The van der Waals surface area contributed by atoms with Gasteiger partial charge in [-0.05, 0) is 43.7 Å². The van der Waals surface area contributed by atoms with Crippen LogP contribution in [0.4, 0.5) is 4.79 Å². The normalized spacial score (nSPS) is 13.9. The second-order valence-electron chi connectivity index (χ2n) is 8.95. The largest absolute Gasteiger partial charge is 0.465 e. The van der Waals surface area contributed by atoms with Crippen molar-refractivity contribution in [3.63, 3.8) is 0 Å². The van der Waals surface area contributed by atoms with E-state index in [1.807, 2.05) is 0 Å². The highest BCUT2D eigenvalue weighted by Crippen LogP contribution is 2.18. The standard InChI is InChI=1S/C24H38N4O8/c1-15(2)13-19(24(34,35)22(31)36-3)28-20(29)17(11-7-8-12-25)26-21(30)18(27-23(32)33)14-16-9-5-4-6-10-16/h4-6,9-10,15,17-19,27,34-35H,7-8,11-14,25H2,1-3H3,(H,26,30)(H,28,29)(H,32,33)/t17-,18-,19-/m0/s1. The molecule has 0 aliphatic heterocycles. The maximum atomic E-state index is 13.2. The number of hydrogen-bond donors (Lipinski definition) is 7. The first kappa shape index (κ1) is 30.8. The minimum absolute atomic E-state index is 0.0223. The van der Waals surface area contributed by atoms with Crippen LogP contribution in [0.2, 0.25) is 0 Å². The third-order valence-electron chi connectivity index (χ3n) is 5.47.